The highest BCUT2D eigenvalue weighted by molar-refractivity contribution is 5.23. The van der Waals surface area contributed by atoms with Crippen molar-refractivity contribution in [3.63, 3.8) is 0 Å². The molecule has 1 unspecified atom stereocenters. The molecule has 2 N–H and O–H groups in total. The van der Waals surface area contributed by atoms with E-state index in [1.165, 1.54) is 0 Å². The maximum absolute atomic E-state index is 5.89. The molecular formula is C10H16N2O. The summed E-state index contributed by atoms with van der Waals surface area (Å²) in [6.45, 7) is 4.48. The molecule has 0 saturated carbocycles. The quantitative estimate of drug-likeness (QED) is 0.763. The van der Waals surface area contributed by atoms with Gasteiger partial charge in [0.2, 0.25) is 0 Å². The Hall–Kier alpha value is -0.930. The van der Waals surface area contributed by atoms with Crippen molar-refractivity contribution >= 4 is 0 Å². The maximum Gasteiger partial charge on any atom is 0.0655 e. The van der Waals surface area contributed by atoms with Gasteiger partial charge in [0.15, 0.2) is 0 Å². The van der Waals surface area contributed by atoms with Crippen LogP contribution in [0.4, 0.5) is 0 Å². The molecule has 72 valence electrons. The molecule has 0 aliphatic heterocycles. The largest absolute Gasteiger partial charge is 0.383 e. The van der Waals surface area contributed by atoms with E-state index in [-0.39, 0.29) is 6.04 Å². The summed E-state index contributed by atoms with van der Waals surface area (Å²) in [5.74, 6) is 0. The number of methoxy groups -OCH3 is 1. The number of pyridine rings is 1. The summed E-state index contributed by atoms with van der Waals surface area (Å²) >= 11 is 0. The van der Waals surface area contributed by atoms with Gasteiger partial charge in [0, 0.05) is 18.5 Å². The van der Waals surface area contributed by atoms with Crippen molar-refractivity contribution in [3.05, 3.63) is 29.1 Å². The van der Waals surface area contributed by atoms with Crippen molar-refractivity contribution < 1.29 is 4.74 Å². The van der Waals surface area contributed by atoms with Gasteiger partial charge in [-0.05, 0) is 31.5 Å². The molecule has 0 saturated heterocycles. The third kappa shape index (κ3) is 2.79. The molecule has 1 aromatic rings. The molecule has 0 aromatic carbocycles. The van der Waals surface area contributed by atoms with E-state index < -0.39 is 0 Å². The number of hydrogen-bond donors (Lipinski definition) is 1. The SMILES string of the molecule is COCC(N)c1cc(C)nc(C)c1. The fourth-order valence-corrected chi connectivity index (χ4v) is 1.36. The lowest BCUT2D eigenvalue weighted by Crippen LogP contribution is -2.16. The summed E-state index contributed by atoms with van der Waals surface area (Å²) in [5, 5.41) is 0. The average molecular weight is 180 g/mol. The Kier molecular flexibility index (Phi) is 3.39. The summed E-state index contributed by atoms with van der Waals surface area (Å²) in [5.41, 5.74) is 8.98. The minimum atomic E-state index is -0.0506. The molecule has 0 radical (unpaired) electrons. The van der Waals surface area contributed by atoms with Gasteiger partial charge in [-0.15, -0.1) is 0 Å². The van der Waals surface area contributed by atoms with Crippen LogP contribution in [0.5, 0.6) is 0 Å². The Bertz CT molecular complexity index is 266. The third-order valence-corrected chi connectivity index (χ3v) is 1.88. The fourth-order valence-electron chi connectivity index (χ4n) is 1.36. The number of rotatable bonds is 3. The van der Waals surface area contributed by atoms with E-state index in [2.05, 4.69) is 4.98 Å². The zero-order chi connectivity index (χ0) is 9.84. The van der Waals surface area contributed by atoms with Crippen LogP contribution in [-0.4, -0.2) is 18.7 Å². The average Bonchev–Trinajstić information content (AvgIpc) is 2.03. The van der Waals surface area contributed by atoms with Crippen LogP contribution < -0.4 is 5.73 Å². The summed E-state index contributed by atoms with van der Waals surface area (Å²) in [7, 11) is 1.65. The summed E-state index contributed by atoms with van der Waals surface area (Å²) < 4.78 is 4.99. The lowest BCUT2D eigenvalue weighted by Gasteiger charge is -2.11. The number of ether oxygens (including phenoxy) is 1. The Morgan fingerprint density at radius 1 is 1.38 bits per heavy atom. The first kappa shape index (κ1) is 10.2. The molecule has 0 spiro atoms. The van der Waals surface area contributed by atoms with Crippen LogP contribution in [0.2, 0.25) is 0 Å². The predicted molar refractivity (Wildman–Crippen MR) is 52.5 cm³/mol. The third-order valence-electron chi connectivity index (χ3n) is 1.88. The lowest BCUT2D eigenvalue weighted by atomic mass is 10.1. The van der Waals surface area contributed by atoms with Crippen molar-refractivity contribution in [2.75, 3.05) is 13.7 Å². The standard InChI is InChI=1S/C10H16N2O/c1-7-4-9(5-8(2)12-7)10(11)6-13-3/h4-5,10H,6,11H2,1-3H3. The first-order valence-corrected chi connectivity index (χ1v) is 4.33. The van der Waals surface area contributed by atoms with Crippen LogP contribution >= 0.6 is 0 Å². The van der Waals surface area contributed by atoms with Crippen LogP contribution in [0.15, 0.2) is 12.1 Å². The first-order chi connectivity index (χ1) is 6.13. The van der Waals surface area contributed by atoms with E-state index in [0.29, 0.717) is 6.61 Å². The molecule has 0 amide bonds. The molecule has 0 fully saturated rings. The van der Waals surface area contributed by atoms with E-state index in [1.807, 2.05) is 26.0 Å². The highest BCUT2D eigenvalue weighted by Crippen LogP contribution is 2.12. The molecule has 3 nitrogen and oxygen atoms in total. The molecule has 0 aliphatic rings. The highest BCUT2D eigenvalue weighted by Gasteiger charge is 2.06. The van der Waals surface area contributed by atoms with Gasteiger partial charge in [0.05, 0.1) is 12.6 Å². The van der Waals surface area contributed by atoms with E-state index in [4.69, 9.17) is 10.5 Å². The number of aryl methyl sites for hydroxylation is 2. The molecule has 0 aliphatic carbocycles. The second-order valence-corrected chi connectivity index (χ2v) is 3.25. The van der Waals surface area contributed by atoms with Gasteiger partial charge in [-0.3, -0.25) is 4.98 Å². The number of aromatic nitrogens is 1. The zero-order valence-electron chi connectivity index (χ0n) is 8.37. The normalized spacial score (nSPS) is 12.9. The second kappa shape index (κ2) is 4.35. The number of hydrogen-bond acceptors (Lipinski definition) is 3. The predicted octanol–water partition coefficient (Wildman–Crippen LogP) is 1.34. The van der Waals surface area contributed by atoms with Crippen LogP contribution in [-0.2, 0) is 4.74 Å². The van der Waals surface area contributed by atoms with E-state index in [9.17, 15) is 0 Å². The van der Waals surface area contributed by atoms with Crippen LogP contribution in [0.3, 0.4) is 0 Å². The minimum absolute atomic E-state index is 0.0506. The van der Waals surface area contributed by atoms with Gasteiger partial charge in [0.25, 0.3) is 0 Å². The number of nitrogens with zero attached hydrogens (tertiary/aromatic N) is 1. The van der Waals surface area contributed by atoms with E-state index in [0.717, 1.165) is 17.0 Å². The first-order valence-electron chi connectivity index (χ1n) is 4.33. The molecule has 0 bridgehead atoms. The van der Waals surface area contributed by atoms with Gasteiger partial charge in [-0.1, -0.05) is 0 Å². The van der Waals surface area contributed by atoms with E-state index in [1.54, 1.807) is 7.11 Å². The Labute approximate surface area is 78.9 Å². The fraction of sp³-hybridized carbons (Fsp3) is 0.500. The molecular weight excluding hydrogens is 164 g/mol. The highest BCUT2D eigenvalue weighted by atomic mass is 16.5. The van der Waals surface area contributed by atoms with Crippen molar-refractivity contribution in [3.8, 4) is 0 Å². The van der Waals surface area contributed by atoms with Gasteiger partial charge < -0.3 is 10.5 Å². The van der Waals surface area contributed by atoms with Crippen LogP contribution in [0, 0.1) is 13.8 Å². The Morgan fingerprint density at radius 3 is 2.38 bits per heavy atom. The van der Waals surface area contributed by atoms with Crippen molar-refractivity contribution in [2.24, 2.45) is 5.73 Å². The van der Waals surface area contributed by atoms with Gasteiger partial charge in [-0.25, -0.2) is 0 Å². The topological polar surface area (TPSA) is 48.1 Å². The van der Waals surface area contributed by atoms with Gasteiger partial charge in [0.1, 0.15) is 0 Å². The monoisotopic (exact) mass is 180 g/mol. The zero-order valence-corrected chi connectivity index (χ0v) is 8.37. The molecule has 1 aromatic heterocycles. The Balaban J connectivity index is 2.87. The molecule has 1 rings (SSSR count). The molecule has 3 heteroatoms. The number of nitrogens with two attached hydrogens (primary N) is 1. The summed E-state index contributed by atoms with van der Waals surface area (Å²) in [4.78, 5) is 4.28. The Morgan fingerprint density at radius 2 is 1.92 bits per heavy atom. The minimum Gasteiger partial charge on any atom is -0.383 e. The van der Waals surface area contributed by atoms with Crippen molar-refractivity contribution in [1.82, 2.24) is 4.98 Å². The van der Waals surface area contributed by atoms with Gasteiger partial charge in [-0.2, -0.15) is 0 Å². The summed E-state index contributed by atoms with van der Waals surface area (Å²) in [6.07, 6.45) is 0. The second-order valence-electron chi connectivity index (χ2n) is 3.25. The molecule has 1 heterocycles. The molecule has 1 atom stereocenters. The van der Waals surface area contributed by atoms with Gasteiger partial charge >= 0.3 is 0 Å². The van der Waals surface area contributed by atoms with Crippen LogP contribution in [0.25, 0.3) is 0 Å². The lowest BCUT2D eigenvalue weighted by molar-refractivity contribution is 0.181. The van der Waals surface area contributed by atoms with Crippen molar-refractivity contribution in [2.45, 2.75) is 19.9 Å². The smallest absolute Gasteiger partial charge is 0.0655 e. The van der Waals surface area contributed by atoms with Crippen LogP contribution in [0.1, 0.15) is 23.0 Å². The van der Waals surface area contributed by atoms with E-state index >= 15 is 0 Å². The maximum atomic E-state index is 5.89. The molecule has 13 heavy (non-hydrogen) atoms. The summed E-state index contributed by atoms with van der Waals surface area (Å²) in [6, 6.07) is 3.94. The van der Waals surface area contributed by atoms with Crippen molar-refractivity contribution in [1.29, 1.82) is 0 Å².